The fraction of sp³-hybridized carbons (Fsp3) is 0.364. The van der Waals surface area contributed by atoms with Gasteiger partial charge in [-0.3, -0.25) is 9.36 Å². The van der Waals surface area contributed by atoms with Gasteiger partial charge in [0.15, 0.2) is 15.6 Å². The summed E-state index contributed by atoms with van der Waals surface area (Å²) in [5.74, 6) is 0.120. The first-order valence-corrected chi connectivity index (χ1v) is 7.42. The van der Waals surface area contributed by atoms with Crippen LogP contribution in [0.3, 0.4) is 0 Å². The predicted octanol–water partition coefficient (Wildman–Crippen LogP) is 2.12. The molecule has 0 aliphatic rings. The normalized spacial score (nSPS) is 10.9. The van der Waals surface area contributed by atoms with Gasteiger partial charge < -0.3 is 14.3 Å². The number of nitrogens with zero attached hydrogens (tertiary/aromatic N) is 3. The molecule has 0 unspecified atom stereocenters. The van der Waals surface area contributed by atoms with Gasteiger partial charge in [-0.2, -0.15) is 0 Å². The topological polar surface area (TPSA) is 90.4 Å². The van der Waals surface area contributed by atoms with Crippen LogP contribution in [0.25, 0.3) is 11.6 Å². The van der Waals surface area contributed by atoms with Crippen molar-refractivity contribution in [3.63, 3.8) is 0 Å². The van der Waals surface area contributed by atoms with Gasteiger partial charge in [0.25, 0.3) is 0 Å². The van der Waals surface area contributed by atoms with E-state index in [-0.39, 0.29) is 5.75 Å². The number of ether oxygens (including phenoxy) is 1. The molecule has 0 aliphatic carbocycles. The number of rotatable bonds is 7. The number of hydrogen-bond acceptors (Lipinski definition) is 6. The van der Waals surface area contributed by atoms with E-state index in [9.17, 15) is 4.79 Å². The number of thioether (sulfide) groups is 1. The number of methoxy groups -OCH3 is 1. The van der Waals surface area contributed by atoms with Gasteiger partial charge in [0, 0.05) is 7.11 Å². The summed E-state index contributed by atoms with van der Waals surface area (Å²) in [6.45, 7) is 0.979. The molecule has 0 fully saturated rings. The Morgan fingerprint density at radius 1 is 1.55 bits per heavy atom. The standard InChI is InChI=1S/C11H12BrN3O4S/c1-18-5-4-15-10(7-2-3-8(12)19-7)13-14-11(15)20-6-9(16)17/h2-3H,4-6H2,1H3,(H,16,17). The first kappa shape index (κ1) is 15.1. The summed E-state index contributed by atoms with van der Waals surface area (Å²) in [5, 5.41) is 17.3. The highest BCUT2D eigenvalue weighted by molar-refractivity contribution is 9.10. The van der Waals surface area contributed by atoms with E-state index in [1.54, 1.807) is 23.8 Å². The van der Waals surface area contributed by atoms with Gasteiger partial charge in [0.2, 0.25) is 5.82 Å². The summed E-state index contributed by atoms with van der Waals surface area (Å²) < 4.78 is 12.9. The second kappa shape index (κ2) is 6.91. The Kier molecular flexibility index (Phi) is 5.21. The molecular formula is C11H12BrN3O4S. The van der Waals surface area contributed by atoms with Gasteiger partial charge in [-0.15, -0.1) is 10.2 Å². The van der Waals surface area contributed by atoms with Crippen molar-refractivity contribution in [1.82, 2.24) is 14.8 Å². The van der Waals surface area contributed by atoms with Crippen LogP contribution < -0.4 is 0 Å². The number of carboxylic acid groups (broad SMARTS) is 1. The second-order valence-electron chi connectivity index (χ2n) is 3.74. The van der Waals surface area contributed by atoms with Gasteiger partial charge in [0.05, 0.1) is 18.9 Å². The van der Waals surface area contributed by atoms with E-state index < -0.39 is 5.97 Å². The molecule has 2 aromatic heterocycles. The molecule has 20 heavy (non-hydrogen) atoms. The Morgan fingerprint density at radius 2 is 2.35 bits per heavy atom. The molecule has 0 saturated heterocycles. The average molecular weight is 362 g/mol. The van der Waals surface area contributed by atoms with Crippen molar-refractivity contribution in [2.45, 2.75) is 11.7 Å². The summed E-state index contributed by atoms with van der Waals surface area (Å²) in [6, 6.07) is 3.53. The van der Waals surface area contributed by atoms with Crippen LogP contribution in [0.2, 0.25) is 0 Å². The lowest BCUT2D eigenvalue weighted by molar-refractivity contribution is -0.133. The van der Waals surface area contributed by atoms with E-state index >= 15 is 0 Å². The van der Waals surface area contributed by atoms with Crippen molar-refractivity contribution in [2.24, 2.45) is 0 Å². The lowest BCUT2D eigenvalue weighted by Crippen LogP contribution is -2.08. The van der Waals surface area contributed by atoms with E-state index in [0.29, 0.717) is 34.6 Å². The molecule has 0 aromatic carbocycles. The molecule has 0 saturated carbocycles. The Balaban J connectivity index is 2.28. The van der Waals surface area contributed by atoms with E-state index in [4.69, 9.17) is 14.3 Å². The molecule has 0 atom stereocenters. The molecule has 0 radical (unpaired) electrons. The molecule has 2 rings (SSSR count). The summed E-state index contributed by atoms with van der Waals surface area (Å²) in [4.78, 5) is 10.7. The van der Waals surface area contributed by atoms with Crippen LogP contribution in [0.5, 0.6) is 0 Å². The highest BCUT2D eigenvalue weighted by atomic mass is 79.9. The summed E-state index contributed by atoms with van der Waals surface area (Å²) in [5.41, 5.74) is 0. The van der Waals surface area contributed by atoms with Crippen molar-refractivity contribution in [1.29, 1.82) is 0 Å². The summed E-state index contributed by atoms with van der Waals surface area (Å²) >= 11 is 4.34. The SMILES string of the molecule is COCCn1c(SCC(=O)O)nnc1-c1ccc(Br)o1. The minimum atomic E-state index is -0.904. The van der Waals surface area contributed by atoms with Crippen molar-refractivity contribution < 1.29 is 19.1 Å². The van der Waals surface area contributed by atoms with Crippen molar-refractivity contribution in [3.8, 4) is 11.6 Å². The maximum Gasteiger partial charge on any atom is 0.313 e. The number of furan rings is 1. The third-order valence-electron chi connectivity index (χ3n) is 2.35. The van der Waals surface area contributed by atoms with E-state index in [1.807, 2.05) is 0 Å². The first-order chi connectivity index (χ1) is 9.61. The fourth-order valence-corrected chi connectivity index (χ4v) is 2.51. The average Bonchev–Trinajstić information content (AvgIpc) is 2.99. The third-order valence-corrected chi connectivity index (χ3v) is 3.73. The molecule has 7 nitrogen and oxygen atoms in total. The Labute approximate surface area is 127 Å². The fourth-order valence-electron chi connectivity index (χ4n) is 1.52. The Morgan fingerprint density at radius 3 is 2.95 bits per heavy atom. The van der Waals surface area contributed by atoms with Gasteiger partial charge in [-0.05, 0) is 28.1 Å². The lowest BCUT2D eigenvalue weighted by Gasteiger charge is -2.07. The van der Waals surface area contributed by atoms with Gasteiger partial charge >= 0.3 is 5.97 Å². The van der Waals surface area contributed by atoms with E-state index in [2.05, 4.69) is 26.1 Å². The van der Waals surface area contributed by atoms with Crippen LogP contribution in [0.4, 0.5) is 0 Å². The van der Waals surface area contributed by atoms with Gasteiger partial charge in [0.1, 0.15) is 0 Å². The van der Waals surface area contributed by atoms with E-state index in [0.717, 1.165) is 11.8 Å². The van der Waals surface area contributed by atoms with Crippen LogP contribution in [-0.2, 0) is 16.1 Å². The van der Waals surface area contributed by atoms with Gasteiger partial charge in [-0.1, -0.05) is 11.8 Å². The molecule has 2 heterocycles. The maximum absolute atomic E-state index is 10.7. The molecular weight excluding hydrogens is 350 g/mol. The highest BCUT2D eigenvalue weighted by Gasteiger charge is 2.17. The molecule has 2 aromatic rings. The largest absolute Gasteiger partial charge is 0.481 e. The second-order valence-corrected chi connectivity index (χ2v) is 5.46. The smallest absolute Gasteiger partial charge is 0.313 e. The van der Waals surface area contributed by atoms with Crippen LogP contribution >= 0.6 is 27.7 Å². The zero-order valence-electron chi connectivity index (χ0n) is 10.6. The molecule has 108 valence electrons. The zero-order chi connectivity index (χ0) is 14.5. The lowest BCUT2D eigenvalue weighted by atomic mass is 10.4. The number of carboxylic acids is 1. The number of carbonyl (C=O) groups is 1. The third kappa shape index (κ3) is 3.62. The van der Waals surface area contributed by atoms with Crippen molar-refractivity contribution in [3.05, 3.63) is 16.8 Å². The van der Waals surface area contributed by atoms with Crippen LogP contribution in [0, 0.1) is 0 Å². The first-order valence-electron chi connectivity index (χ1n) is 5.64. The maximum atomic E-state index is 10.7. The van der Waals surface area contributed by atoms with Crippen LogP contribution in [0.15, 0.2) is 26.4 Å². The monoisotopic (exact) mass is 361 g/mol. The van der Waals surface area contributed by atoms with E-state index in [1.165, 1.54) is 0 Å². The number of aromatic nitrogens is 3. The number of aliphatic carboxylic acids is 1. The molecule has 0 spiro atoms. The molecule has 0 aliphatic heterocycles. The molecule has 1 N–H and O–H groups in total. The number of hydrogen-bond donors (Lipinski definition) is 1. The molecule has 0 bridgehead atoms. The Hall–Kier alpha value is -1.32. The van der Waals surface area contributed by atoms with Crippen molar-refractivity contribution >= 4 is 33.7 Å². The zero-order valence-corrected chi connectivity index (χ0v) is 13.0. The number of halogens is 1. The van der Waals surface area contributed by atoms with Crippen LogP contribution in [-0.4, -0.2) is 45.3 Å². The van der Waals surface area contributed by atoms with Crippen LogP contribution in [0.1, 0.15) is 0 Å². The summed E-state index contributed by atoms with van der Waals surface area (Å²) in [7, 11) is 1.59. The molecule has 0 amide bonds. The highest BCUT2D eigenvalue weighted by Crippen LogP contribution is 2.27. The minimum absolute atomic E-state index is 0.0764. The quantitative estimate of drug-likeness (QED) is 0.755. The molecule has 9 heteroatoms. The summed E-state index contributed by atoms with van der Waals surface area (Å²) in [6.07, 6.45) is 0. The minimum Gasteiger partial charge on any atom is -0.481 e. The predicted molar refractivity (Wildman–Crippen MR) is 75.7 cm³/mol. The van der Waals surface area contributed by atoms with Gasteiger partial charge in [-0.25, -0.2) is 0 Å². The van der Waals surface area contributed by atoms with Crippen molar-refractivity contribution in [2.75, 3.05) is 19.5 Å². The Bertz CT molecular complexity index is 598.